The first-order valence-electron chi connectivity index (χ1n) is 4.46. The fourth-order valence-corrected chi connectivity index (χ4v) is 1.34. The Morgan fingerprint density at radius 3 is 2.71 bits per heavy atom. The van der Waals surface area contributed by atoms with Crippen LogP contribution >= 0.6 is 15.9 Å². The molecule has 0 aliphatic rings. The predicted octanol–water partition coefficient (Wildman–Crippen LogP) is 1.97. The molecule has 0 saturated carbocycles. The van der Waals surface area contributed by atoms with E-state index in [4.69, 9.17) is 15.0 Å². The molecule has 0 aliphatic heterocycles. The molecule has 80 valence electrons. The highest BCUT2D eigenvalue weighted by Crippen LogP contribution is 2.20. The maximum atomic E-state index is 5.44. The van der Waals surface area contributed by atoms with E-state index in [-0.39, 0.29) is 12.1 Å². The van der Waals surface area contributed by atoms with E-state index in [1.165, 1.54) is 0 Å². The van der Waals surface area contributed by atoms with Crippen molar-refractivity contribution in [2.45, 2.75) is 26.0 Å². The van der Waals surface area contributed by atoms with Crippen LogP contribution < -0.4 is 11.3 Å². The number of rotatable bonds is 5. The fourth-order valence-electron chi connectivity index (χ4n) is 1.02. The van der Waals surface area contributed by atoms with Gasteiger partial charge in [-0.15, -0.1) is 0 Å². The lowest BCUT2D eigenvalue weighted by Crippen LogP contribution is -2.31. The molecule has 0 aromatic carbocycles. The van der Waals surface area contributed by atoms with Crippen LogP contribution in [-0.4, -0.2) is 12.7 Å². The molecule has 1 heterocycles. The van der Waals surface area contributed by atoms with Crippen LogP contribution in [-0.2, 0) is 4.74 Å². The number of nitrogens with one attached hydrogen (secondary N) is 1. The Morgan fingerprint density at radius 1 is 1.57 bits per heavy atom. The van der Waals surface area contributed by atoms with Crippen molar-refractivity contribution in [1.82, 2.24) is 5.43 Å². The second-order valence-electron chi connectivity index (χ2n) is 3.24. The van der Waals surface area contributed by atoms with E-state index in [2.05, 4.69) is 21.4 Å². The topological polar surface area (TPSA) is 60.4 Å². The van der Waals surface area contributed by atoms with Crippen molar-refractivity contribution >= 4 is 15.9 Å². The van der Waals surface area contributed by atoms with Gasteiger partial charge in [0, 0.05) is 0 Å². The van der Waals surface area contributed by atoms with Gasteiger partial charge in [-0.25, -0.2) is 5.43 Å². The van der Waals surface area contributed by atoms with Gasteiger partial charge in [-0.1, -0.05) is 0 Å². The Kier molecular flexibility index (Phi) is 4.60. The highest BCUT2D eigenvalue weighted by atomic mass is 79.9. The van der Waals surface area contributed by atoms with Gasteiger partial charge in [-0.3, -0.25) is 5.84 Å². The number of nitrogens with two attached hydrogens (primary N) is 1. The van der Waals surface area contributed by atoms with Gasteiger partial charge < -0.3 is 9.15 Å². The van der Waals surface area contributed by atoms with E-state index >= 15 is 0 Å². The third-order valence-corrected chi connectivity index (χ3v) is 2.16. The van der Waals surface area contributed by atoms with Crippen molar-refractivity contribution in [2.24, 2.45) is 5.84 Å². The molecule has 1 aromatic rings. The number of furan rings is 1. The number of halogens is 1. The molecule has 0 radical (unpaired) electrons. The van der Waals surface area contributed by atoms with Gasteiger partial charge in [0.05, 0.1) is 12.7 Å². The summed E-state index contributed by atoms with van der Waals surface area (Å²) in [6.07, 6.45) is 0.184. The molecule has 1 aromatic heterocycles. The summed E-state index contributed by atoms with van der Waals surface area (Å²) < 4.78 is 11.5. The first-order chi connectivity index (χ1) is 6.63. The molecule has 1 rings (SSSR count). The van der Waals surface area contributed by atoms with Crippen LogP contribution in [0, 0.1) is 0 Å². The maximum Gasteiger partial charge on any atom is 0.169 e. The minimum atomic E-state index is -0.108. The van der Waals surface area contributed by atoms with Crippen LogP contribution in [0.1, 0.15) is 25.6 Å². The normalized spacial score (nSPS) is 13.5. The zero-order valence-electron chi connectivity index (χ0n) is 8.29. The summed E-state index contributed by atoms with van der Waals surface area (Å²) in [6.45, 7) is 4.45. The number of ether oxygens (including phenoxy) is 1. The molecule has 3 N–H and O–H groups in total. The first kappa shape index (κ1) is 11.7. The lowest BCUT2D eigenvalue weighted by Gasteiger charge is -2.15. The van der Waals surface area contributed by atoms with Gasteiger partial charge in [-0.2, -0.15) is 0 Å². The Hall–Kier alpha value is -0.360. The molecule has 0 spiro atoms. The standard InChI is InChI=1S/C9H15BrN2O2/c1-6(2)13-5-7(12-11)8-3-4-9(10)14-8/h3-4,6-7,12H,5,11H2,1-2H3. The van der Waals surface area contributed by atoms with Gasteiger partial charge in [-0.05, 0) is 41.9 Å². The summed E-state index contributed by atoms with van der Waals surface area (Å²) in [5, 5.41) is 0. The lowest BCUT2D eigenvalue weighted by molar-refractivity contribution is 0.0566. The van der Waals surface area contributed by atoms with Crippen LogP contribution in [0.2, 0.25) is 0 Å². The molecular formula is C9H15BrN2O2. The molecule has 0 fully saturated rings. The zero-order chi connectivity index (χ0) is 10.6. The summed E-state index contributed by atoms with van der Waals surface area (Å²) in [6, 6.07) is 3.58. The Balaban J connectivity index is 2.54. The van der Waals surface area contributed by atoms with Crippen molar-refractivity contribution in [2.75, 3.05) is 6.61 Å². The molecule has 1 unspecified atom stereocenters. The van der Waals surface area contributed by atoms with E-state index < -0.39 is 0 Å². The maximum absolute atomic E-state index is 5.44. The summed E-state index contributed by atoms with van der Waals surface area (Å²) in [7, 11) is 0. The summed E-state index contributed by atoms with van der Waals surface area (Å²) in [5.41, 5.74) is 2.65. The molecule has 1 atom stereocenters. The van der Waals surface area contributed by atoms with E-state index in [0.29, 0.717) is 11.3 Å². The molecule has 14 heavy (non-hydrogen) atoms. The van der Waals surface area contributed by atoms with Crippen molar-refractivity contribution in [1.29, 1.82) is 0 Å². The Labute approximate surface area is 91.9 Å². The summed E-state index contributed by atoms with van der Waals surface area (Å²) in [5.74, 6) is 6.16. The van der Waals surface area contributed by atoms with Gasteiger partial charge in [0.2, 0.25) is 0 Å². The highest BCUT2D eigenvalue weighted by Gasteiger charge is 2.14. The van der Waals surface area contributed by atoms with Gasteiger partial charge in [0.15, 0.2) is 4.67 Å². The Morgan fingerprint density at radius 2 is 2.29 bits per heavy atom. The highest BCUT2D eigenvalue weighted by molar-refractivity contribution is 9.10. The van der Waals surface area contributed by atoms with E-state index in [0.717, 1.165) is 5.76 Å². The monoisotopic (exact) mass is 262 g/mol. The van der Waals surface area contributed by atoms with E-state index in [1.54, 1.807) is 0 Å². The SMILES string of the molecule is CC(C)OCC(NN)c1ccc(Br)o1. The van der Waals surface area contributed by atoms with E-state index in [9.17, 15) is 0 Å². The van der Waals surface area contributed by atoms with Crippen LogP contribution in [0.4, 0.5) is 0 Å². The second kappa shape index (κ2) is 5.50. The minimum Gasteiger partial charge on any atom is -0.453 e. The molecule has 0 amide bonds. The van der Waals surface area contributed by atoms with Crippen molar-refractivity contribution in [3.63, 3.8) is 0 Å². The summed E-state index contributed by atoms with van der Waals surface area (Å²) >= 11 is 3.23. The second-order valence-corrected chi connectivity index (χ2v) is 4.02. The van der Waals surface area contributed by atoms with Gasteiger partial charge in [0.25, 0.3) is 0 Å². The van der Waals surface area contributed by atoms with Crippen LogP contribution in [0.15, 0.2) is 21.2 Å². The predicted molar refractivity (Wildman–Crippen MR) is 57.6 cm³/mol. The number of hydrazine groups is 1. The van der Waals surface area contributed by atoms with Crippen LogP contribution in [0.3, 0.4) is 0 Å². The minimum absolute atomic E-state index is 0.108. The number of hydrogen-bond donors (Lipinski definition) is 2. The lowest BCUT2D eigenvalue weighted by atomic mass is 10.2. The van der Waals surface area contributed by atoms with Crippen LogP contribution in [0.25, 0.3) is 0 Å². The Bertz CT molecular complexity index is 276. The molecule has 0 aliphatic carbocycles. The van der Waals surface area contributed by atoms with E-state index in [1.807, 2.05) is 26.0 Å². The molecule has 5 heteroatoms. The average Bonchev–Trinajstić information content (AvgIpc) is 2.53. The average molecular weight is 263 g/mol. The van der Waals surface area contributed by atoms with Crippen molar-refractivity contribution < 1.29 is 9.15 Å². The van der Waals surface area contributed by atoms with Gasteiger partial charge >= 0.3 is 0 Å². The van der Waals surface area contributed by atoms with Crippen LogP contribution in [0.5, 0.6) is 0 Å². The molecule has 4 nitrogen and oxygen atoms in total. The van der Waals surface area contributed by atoms with Gasteiger partial charge in [0.1, 0.15) is 11.8 Å². The fraction of sp³-hybridized carbons (Fsp3) is 0.556. The summed E-state index contributed by atoms with van der Waals surface area (Å²) in [4.78, 5) is 0. The molecule has 0 bridgehead atoms. The quantitative estimate of drug-likeness (QED) is 0.629. The first-order valence-corrected chi connectivity index (χ1v) is 5.25. The van der Waals surface area contributed by atoms with Crippen molar-refractivity contribution in [3.8, 4) is 0 Å². The molecular weight excluding hydrogens is 248 g/mol. The van der Waals surface area contributed by atoms with Crippen molar-refractivity contribution in [3.05, 3.63) is 22.6 Å². The smallest absolute Gasteiger partial charge is 0.169 e. The molecule has 0 saturated heterocycles. The third-order valence-electron chi connectivity index (χ3n) is 1.73. The zero-order valence-corrected chi connectivity index (χ0v) is 9.87. The number of hydrogen-bond acceptors (Lipinski definition) is 4. The third kappa shape index (κ3) is 3.42. The largest absolute Gasteiger partial charge is 0.453 e.